The smallest absolute Gasteiger partial charge is 0.135 e. The van der Waals surface area contributed by atoms with Crippen LogP contribution in [0.15, 0.2) is 0 Å². The van der Waals surface area contributed by atoms with Crippen LogP contribution >= 0.6 is 0 Å². The molecule has 0 aromatic heterocycles. The lowest BCUT2D eigenvalue weighted by Gasteiger charge is -2.03. The van der Waals surface area contributed by atoms with Crippen LogP contribution in [0.3, 0.4) is 0 Å². The first kappa shape index (κ1) is 10.6. The highest BCUT2D eigenvalue weighted by Gasteiger charge is 2.05. The standard InChI is InChI=1S/C8H17NO2/c1-7(2)8(10)5-4-6-11-9-3/h7,9H,4-6H2,1-3H3. The highest BCUT2D eigenvalue weighted by Crippen LogP contribution is 2.01. The molecule has 3 heteroatoms. The summed E-state index contributed by atoms with van der Waals surface area (Å²) in [7, 11) is 1.71. The minimum Gasteiger partial charge on any atom is -0.302 e. The zero-order chi connectivity index (χ0) is 8.69. The van der Waals surface area contributed by atoms with Crippen molar-refractivity contribution in [1.29, 1.82) is 0 Å². The van der Waals surface area contributed by atoms with Gasteiger partial charge in [0.1, 0.15) is 5.78 Å². The van der Waals surface area contributed by atoms with Crippen molar-refractivity contribution in [2.75, 3.05) is 13.7 Å². The van der Waals surface area contributed by atoms with E-state index in [-0.39, 0.29) is 5.92 Å². The third-order valence-electron chi connectivity index (χ3n) is 1.46. The van der Waals surface area contributed by atoms with Crippen LogP contribution in [0.5, 0.6) is 0 Å². The lowest BCUT2D eigenvalue weighted by Crippen LogP contribution is -2.11. The quantitative estimate of drug-likeness (QED) is 0.466. The highest BCUT2D eigenvalue weighted by atomic mass is 16.6. The van der Waals surface area contributed by atoms with E-state index < -0.39 is 0 Å². The van der Waals surface area contributed by atoms with E-state index in [2.05, 4.69) is 5.48 Å². The maximum absolute atomic E-state index is 11.0. The summed E-state index contributed by atoms with van der Waals surface area (Å²) in [5, 5.41) is 0. The van der Waals surface area contributed by atoms with Gasteiger partial charge < -0.3 is 4.84 Å². The summed E-state index contributed by atoms with van der Waals surface area (Å²) < 4.78 is 0. The topological polar surface area (TPSA) is 38.3 Å². The van der Waals surface area contributed by atoms with Gasteiger partial charge in [-0.05, 0) is 6.42 Å². The highest BCUT2D eigenvalue weighted by molar-refractivity contribution is 5.80. The number of rotatable bonds is 6. The Balaban J connectivity index is 3.18. The Morgan fingerprint density at radius 3 is 2.64 bits per heavy atom. The molecular weight excluding hydrogens is 142 g/mol. The fourth-order valence-electron chi connectivity index (χ4n) is 0.709. The van der Waals surface area contributed by atoms with Crippen LogP contribution in [0.4, 0.5) is 0 Å². The minimum atomic E-state index is 0.157. The SMILES string of the molecule is CNOCCCC(=O)C(C)C. The van der Waals surface area contributed by atoms with Crippen LogP contribution in [0.2, 0.25) is 0 Å². The van der Waals surface area contributed by atoms with Gasteiger partial charge in [0.2, 0.25) is 0 Å². The van der Waals surface area contributed by atoms with Crippen molar-refractivity contribution >= 4 is 5.78 Å². The molecule has 0 amide bonds. The number of carbonyl (C=O) groups excluding carboxylic acids is 1. The molecule has 0 saturated carbocycles. The van der Waals surface area contributed by atoms with Crippen molar-refractivity contribution in [2.24, 2.45) is 5.92 Å². The van der Waals surface area contributed by atoms with Crippen LogP contribution < -0.4 is 5.48 Å². The average molecular weight is 159 g/mol. The Bertz CT molecular complexity index is 113. The van der Waals surface area contributed by atoms with Crippen LogP contribution in [0.25, 0.3) is 0 Å². The normalized spacial score (nSPS) is 10.5. The summed E-state index contributed by atoms with van der Waals surface area (Å²) in [5.41, 5.74) is 2.56. The predicted molar refractivity (Wildman–Crippen MR) is 44.1 cm³/mol. The molecule has 0 aliphatic rings. The van der Waals surface area contributed by atoms with Gasteiger partial charge in [0, 0.05) is 19.4 Å². The summed E-state index contributed by atoms with van der Waals surface area (Å²) in [4.78, 5) is 15.9. The molecule has 66 valence electrons. The Morgan fingerprint density at radius 2 is 2.18 bits per heavy atom. The summed E-state index contributed by atoms with van der Waals surface area (Å²) >= 11 is 0. The molecule has 0 fully saturated rings. The van der Waals surface area contributed by atoms with Gasteiger partial charge in [-0.2, -0.15) is 0 Å². The second-order valence-electron chi connectivity index (χ2n) is 2.78. The predicted octanol–water partition coefficient (Wildman–Crippen LogP) is 1.14. The molecule has 1 N–H and O–H groups in total. The van der Waals surface area contributed by atoms with Gasteiger partial charge in [0.15, 0.2) is 0 Å². The molecular formula is C8H17NO2. The van der Waals surface area contributed by atoms with Crippen LogP contribution in [0, 0.1) is 5.92 Å². The number of nitrogens with one attached hydrogen (secondary N) is 1. The molecule has 0 aliphatic carbocycles. The zero-order valence-corrected chi connectivity index (χ0v) is 7.52. The van der Waals surface area contributed by atoms with E-state index in [1.165, 1.54) is 0 Å². The fourth-order valence-corrected chi connectivity index (χ4v) is 0.709. The van der Waals surface area contributed by atoms with E-state index in [0.717, 1.165) is 6.42 Å². The largest absolute Gasteiger partial charge is 0.302 e. The van der Waals surface area contributed by atoms with E-state index in [0.29, 0.717) is 18.8 Å². The first-order chi connectivity index (χ1) is 5.18. The fraction of sp³-hybridized carbons (Fsp3) is 0.875. The van der Waals surface area contributed by atoms with E-state index in [1.54, 1.807) is 7.05 Å². The van der Waals surface area contributed by atoms with Gasteiger partial charge in [-0.25, -0.2) is 5.48 Å². The van der Waals surface area contributed by atoms with Crippen molar-refractivity contribution in [2.45, 2.75) is 26.7 Å². The molecule has 0 saturated heterocycles. The third-order valence-corrected chi connectivity index (χ3v) is 1.46. The molecule has 0 spiro atoms. The lowest BCUT2D eigenvalue weighted by atomic mass is 10.1. The van der Waals surface area contributed by atoms with Crippen molar-refractivity contribution in [1.82, 2.24) is 5.48 Å². The minimum absolute atomic E-state index is 0.157. The number of hydroxylamine groups is 1. The van der Waals surface area contributed by atoms with Gasteiger partial charge >= 0.3 is 0 Å². The van der Waals surface area contributed by atoms with Crippen LogP contribution in [-0.2, 0) is 9.63 Å². The third kappa shape index (κ3) is 6.01. The number of Topliss-reactive ketones (excluding diaryl/α,β-unsaturated/α-hetero) is 1. The number of ketones is 1. The molecule has 0 unspecified atom stereocenters. The Labute approximate surface area is 68.1 Å². The Hall–Kier alpha value is -0.410. The van der Waals surface area contributed by atoms with Crippen molar-refractivity contribution in [3.63, 3.8) is 0 Å². The lowest BCUT2D eigenvalue weighted by molar-refractivity contribution is -0.122. The van der Waals surface area contributed by atoms with E-state index in [9.17, 15) is 4.79 Å². The van der Waals surface area contributed by atoms with Gasteiger partial charge in [0.05, 0.1) is 6.61 Å². The molecule has 3 nitrogen and oxygen atoms in total. The maximum Gasteiger partial charge on any atom is 0.135 e. The molecule has 0 heterocycles. The molecule has 0 rings (SSSR count). The van der Waals surface area contributed by atoms with Gasteiger partial charge in [-0.1, -0.05) is 13.8 Å². The number of hydrogen-bond acceptors (Lipinski definition) is 3. The number of hydrogen-bond donors (Lipinski definition) is 1. The summed E-state index contributed by atoms with van der Waals surface area (Å²) in [5.74, 6) is 0.467. The Morgan fingerprint density at radius 1 is 1.55 bits per heavy atom. The van der Waals surface area contributed by atoms with E-state index >= 15 is 0 Å². The molecule has 0 atom stereocenters. The molecule has 0 radical (unpaired) electrons. The summed E-state index contributed by atoms with van der Waals surface area (Å²) in [6, 6.07) is 0. The number of carbonyl (C=O) groups is 1. The van der Waals surface area contributed by atoms with Gasteiger partial charge in [0.25, 0.3) is 0 Å². The van der Waals surface area contributed by atoms with Crippen LogP contribution in [0.1, 0.15) is 26.7 Å². The Kier molecular flexibility index (Phi) is 6.07. The van der Waals surface area contributed by atoms with E-state index in [1.807, 2.05) is 13.8 Å². The zero-order valence-electron chi connectivity index (χ0n) is 7.52. The molecule has 0 aliphatic heterocycles. The van der Waals surface area contributed by atoms with Crippen molar-refractivity contribution < 1.29 is 9.63 Å². The van der Waals surface area contributed by atoms with Crippen LogP contribution in [-0.4, -0.2) is 19.4 Å². The van der Waals surface area contributed by atoms with E-state index in [4.69, 9.17) is 4.84 Å². The monoisotopic (exact) mass is 159 g/mol. The van der Waals surface area contributed by atoms with Crippen molar-refractivity contribution in [3.05, 3.63) is 0 Å². The molecule has 0 bridgehead atoms. The summed E-state index contributed by atoms with van der Waals surface area (Å²) in [6.45, 7) is 4.44. The molecule has 11 heavy (non-hydrogen) atoms. The first-order valence-electron chi connectivity index (χ1n) is 3.99. The average Bonchev–Trinajstić information content (AvgIpc) is 1.97. The van der Waals surface area contributed by atoms with Gasteiger partial charge in [-0.15, -0.1) is 0 Å². The van der Waals surface area contributed by atoms with Gasteiger partial charge in [-0.3, -0.25) is 4.79 Å². The van der Waals surface area contributed by atoms with Crippen molar-refractivity contribution in [3.8, 4) is 0 Å². The molecule has 0 aromatic carbocycles. The second-order valence-corrected chi connectivity index (χ2v) is 2.78. The maximum atomic E-state index is 11.0. The molecule has 0 aromatic rings. The summed E-state index contributed by atoms with van der Waals surface area (Å²) in [6.07, 6.45) is 1.43. The second kappa shape index (κ2) is 6.31. The first-order valence-corrected chi connectivity index (χ1v) is 3.99.